The fourth-order valence-electron chi connectivity index (χ4n) is 1.41. The molecule has 0 heterocycles. The van der Waals surface area contributed by atoms with Crippen molar-refractivity contribution >= 4 is 29.9 Å². The summed E-state index contributed by atoms with van der Waals surface area (Å²) in [6.45, 7) is 2.64. The molecular formula is C12H18Cl2N2O. The highest BCUT2D eigenvalue weighted by Gasteiger charge is 2.08. The standard InChI is InChI=1S/C12H17ClN2O.ClH/c1-9(15-12(16)6-7-14-2)10-4-3-5-11(13)8-10;/h3-5,8-9,14H,6-7H2,1-2H3,(H,15,16);1H. The second-order valence-corrected chi connectivity index (χ2v) is 4.13. The van der Waals surface area contributed by atoms with E-state index in [-0.39, 0.29) is 24.4 Å². The normalized spacial score (nSPS) is 11.5. The van der Waals surface area contributed by atoms with Gasteiger partial charge in [0.15, 0.2) is 0 Å². The minimum absolute atomic E-state index is 0. The largest absolute Gasteiger partial charge is 0.350 e. The first-order valence-electron chi connectivity index (χ1n) is 5.33. The van der Waals surface area contributed by atoms with Crippen LogP contribution in [0.15, 0.2) is 24.3 Å². The first-order valence-corrected chi connectivity index (χ1v) is 5.70. The number of nitrogens with one attached hydrogen (secondary N) is 2. The molecule has 0 aliphatic carbocycles. The molecule has 0 aliphatic rings. The summed E-state index contributed by atoms with van der Waals surface area (Å²) in [6, 6.07) is 7.51. The van der Waals surface area contributed by atoms with Crippen LogP contribution in [0.3, 0.4) is 0 Å². The average Bonchev–Trinajstić information content (AvgIpc) is 2.26. The third kappa shape index (κ3) is 5.91. The van der Waals surface area contributed by atoms with Gasteiger partial charge in [0.05, 0.1) is 6.04 Å². The Morgan fingerprint density at radius 1 is 1.47 bits per heavy atom. The number of benzene rings is 1. The monoisotopic (exact) mass is 276 g/mol. The lowest BCUT2D eigenvalue weighted by atomic mass is 10.1. The first-order chi connectivity index (χ1) is 7.63. The van der Waals surface area contributed by atoms with Crippen LogP contribution in [0.25, 0.3) is 0 Å². The van der Waals surface area contributed by atoms with Gasteiger partial charge in [-0.05, 0) is 31.7 Å². The van der Waals surface area contributed by atoms with Crippen LogP contribution < -0.4 is 10.6 Å². The van der Waals surface area contributed by atoms with Crippen LogP contribution in [0, 0.1) is 0 Å². The summed E-state index contributed by atoms with van der Waals surface area (Å²) in [6.07, 6.45) is 0.488. The molecule has 3 nitrogen and oxygen atoms in total. The van der Waals surface area contributed by atoms with E-state index in [4.69, 9.17) is 11.6 Å². The van der Waals surface area contributed by atoms with Crippen molar-refractivity contribution in [1.82, 2.24) is 10.6 Å². The van der Waals surface area contributed by atoms with Gasteiger partial charge in [-0.1, -0.05) is 23.7 Å². The minimum Gasteiger partial charge on any atom is -0.350 e. The molecule has 1 aromatic rings. The molecular weight excluding hydrogens is 259 g/mol. The molecule has 0 aromatic heterocycles. The zero-order valence-electron chi connectivity index (χ0n) is 10.00. The van der Waals surface area contributed by atoms with Crippen molar-refractivity contribution in [3.05, 3.63) is 34.9 Å². The zero-order chi connectivity index (χ0) is 12.0. The van der Waals surface area contributed by atoms with Crippen LogP contribution in [0.5, 0.6) is 0 Å². The van der Waals surface area contributed by atoms with Crippen molar-refractivity contribution in [2.75, 3.05) is 13.6 Å². The maximum absolute atomic E-state index is 11.5. The zero-order valence-corrected chi connectivity index (χ0v) is 11.6. The predicted octanol–water partition coefficient (Wildman–Crippen LogP) is 2.55. The van der Waals surface area contributed by atoms with Gasteiger partial charge in [0.25, 0.3) is 0 Å². The quantitative estimate of drug-likeness (QED) is 0.868. The van der Waals surface area contributed by atoms with E-state index in [1.165, 1.54) is 0 Å². The molecule has 5 heteroatoms. The van der Waals surface area contributed by atoms with Crippen molar-refractivity contribution in [1.29, 1.82) is 0 Å². The number of rotatable bonds is 5. The third-order valence-corrected chi connectivity index (χ3v) is 2.56. The maximum Gasteiger partial charge on any atom is 0.221 e. The SMILES string of the molecule is CNCCC(=O)NC(C)c1cccc(Cl)c1.Cl. The molecule has 0 fully saturated rings. The van der Waals surface area contributed by atoms with Gasteiger partial charge in [0.2, 0.25) is 5.91 Å². The number of amides is 1. The van der Waals surface area contributed by atoms with E-state index in [0.29, 0.717) is 18.0 Å². The summed E-state index contributed by atoms with van der Waals surface area (Å²) < 4.78 is 0. The van der Waals surface area contributed by atoms with Crippen molar-refractivity contribution in [3.63, 3.8) is 0 Å². The Kier molecular flexibility index (Phi) is 7.96. The van der Waals surface area contributed by atoms with Crippen LogP contribution in [0.1, 0.15) is 24.9 Å². The van der Waals surface area contributed by atoms with E-state index in [0.717, 1.165) is 5.56 Å². The molecule has 0 saturated heterocycles. The van der Waals surface area contributed by atoms with Crippen molar-refractivity contribution < 1.29 is 4.79 Å². The van der Waals surface area contributed by atoms with E-state index in [1.54, 1.807) is 0 Å². The second-order valence-electron chi connectivity index (χ2n) is 3.70. The maximum atomic E-state index is 11.5. The van der Waals surface area contributed by atoms with Crippen molar-refractivity contribution in [2.45, 2.75) is 19.4 Å². The Balaban J connectivity index is 0.00000256. The molecule has 1 unspecified atom stereocenters. The summed E-state index contributed by atoms with van der Waals surface area (Å²) in [7, 11) is 1.83. The lowest BCUT2D eigenvalue weighted by Crippen LogP contribution is -2.29. The van der Waals surface area contributed by atoms with Gasteiger partial charge in [-0.15, -0.1) is 12.4 Å². The molecule has 96 valence electrons. The van der Waals surface area contributed by atoms with Gasteiger partial charge in [-0.25, -0.2) is 0 Å². The Labute approximate surface area is 113 Å². The number of carbonyl (C=O) groups is 1. The second kappa shape index (κ2) is 8.34. The van der Waals surface area contributed by atoms with Crippen molar-refractivity contribution in [2.24, 2.45) is 0 Å². The van der Waals surface area contributed by atoms with Crippen LogP contribution in [-0.2, 0) is 4.79 Å². The molecule has 0 spiro atoms. The van der Waals surface area contributed by atoms with Gasteiger partial charge >= 0.3 is 0 Å². The predicted molar refractivity (Wildman–Crippen MR) is 73.8 cm³/mol. The lowest BCUT2D eigenvalue weighted by Gasteiger charge is -2.14. The van der Waals surface area contributed by atoms with Gasteiger partial charge < -0.3 is 10.6 Å². The molecule has 1 aromatic carbocycles. The Bertz CT molecular complexity index is 358. The fourth-order valence-corrected chi connectivity index (χ4v) is 1.61. The summed E-state index contributed by atoms with van der Waals surface area (Å²) >= 11 is 5.89. The summed E-state index contributed by atoms with van der Waals surface area (Å²) in [5, 5.41) is 6.55. The number of hydrogen-bond acceptors (Lipinski definition) is 2. The van der Waals surface area contributed by atoms with Crippen LogP contribution >= 0.6 is 24.0 Å². The lowest BCUT2D eigenvalue weighted by molar-refractivity contribution is -0.121. The van der Waals surface area contributed by atoms with Crippen LogP contribution in [0.2, 0.25) is 5.02 Å². The number of halogens is 2. The molecule has 17 heavy (non-hydrogen) atoms. The molecule has 0 saturated carbocycles. The van der Waals surface area contributed by atoms with E-state index < -0.39 is 0 Å². The molecule has 1 amide bonds. The molecule has 1 atom stereocenters. The van der Waals surface area contributed by atoms with Gasteiger partial charge in [-0.3, -0.25) is 4.79 Å². The Morgan fingerprint density at radius 3 is 2.76 bits per heavy atom. The molecule has 2 N–H and O–H groups in total. The fraction of sp³-hybridized carbons (Fsp3) is 0.417. The topological polar surface area (TPSA) is 41.1 Å². The average molecular weight is 277 g/mol. The summed E-state index contributed by atoms with van der Waals surface area (Å²) in [4.78, 5) is 11.5. The van der Waals surface area contributed by atoms with E-state index in [1.807, 2.05) is 38.2 Å². The van der Waals surface area contributed by atoms with Gasteiger partial charge in [0.1, 0.15) is 0 Å². The van der Waals surface area contributed by atoms with Crippen LogP contribution in [-0.4, -0.2) is 19.5 Å². The Hall–Kier alpha value is -0.770. The van der Waals surface area contributed by atoms with Gasteiger partial charge in [-0.2, -0.15) is 0 Å². The smallest absolute Gasteiger partial charge is 0.221 e. The molecule has 0 aliphatic heterocycles. The molecule has 0 radical (unpaired) electrons. The van der Waals surface area contributed by atoms with Gasteiger partial charge in [0, 0.05) is 18.0 Å². The minimum atomic E-state index is -0.0111. The Morgan fingerprint density at radius 2 is 2.18 bits per heavy atom. The molecule has 0 bridgehead atoms. The van der Waals surface area contributed by atoms with Crippen molar-refractivity contribution in [3.8, 4) is 0 Å². The summed E-state index contributed by atoms with van der Waals surface area (Å²) in [5.74, 6) is 0.0434. The number of hydrogen-bond donors (Lipinski definition) is 2. The van der Waals surface area contributed by atoms with Crippen LogP contribution in [0.4, 0.5) is 0 Å². The highest BCUT2D eigenvalue weighted by atomic mass is 35.5. The number of carbonyl (C=O) groups excluding carboxylic acids is 1. The van der Waals surface area contributed by atoms with E-state index >= 15 is 0 Å². The van der Waals surface area contributed by atoms with E-state index in [9.17, 15) is 4.79 Å². The third-order valence-electron chi connectivity index (χ3n) is 2.33. The summed E-state index contributed by atoms with van der Waals surface area (Å²) in [5.41, 5.74) is 1.02. The van der Waals surface area contributed by atoms with E-state index in [2.05, 4.69) is 10.6 Å². The first kappa shape index (κ1) is 16.2. The molecule has 1 rings (SSSR count). The highest BCUT2D eigenvalue weighted by Crippen LogP contribution is 2.17. The highest BCUT2D eigenvalue weighted by molar-refractivity contribution is 6.30.